The third-order valence-corrected chi connectivity index (χ3v) is 2.29. The number of unbranched alkanes of at least 4 members (excludes halogenated alkanes) is 2. The summed E-state index contributed by atoms with van der Waals surface area (Å²) in [5.74, 6) is 0.386. The Balaban J connectivity index is 3.30. The van der Waals surface area contributed by atoms with E-state index >= 15 is 0 Å². The van der Waals surface area contributed by atoms with Crippen molar-refractivity contribution in [2.45, 2.75) is 58.5 Å². The van der Waals surface area contributed by atoms with Crippen LogP contribution in [0.25, 0.3) is 0 Å². The van der Waals surface area contributed by atoms with Gasteiger partial charge in [0.05, 0.1) is 6.10 Å². The van der Waals surface area contributed by atoms with Gasteiger partial charge in [0, 0.05) is 20.0 Å². The molecule has 2 heteroatoms. The van der Waals surface area contributed by atoms with Crippen molar-refractivity contribution in [2.75, 3.05) is 7.11 Å². The Labute approximate surface area is 81.7 Å². The van der Waals surface area contributed by atoms with E-state index in [1.807, 2.05) is 6.92 Å². The van der Waals surface area contributed by atoms with Crippen LogP contribution in [0.15, 0.2) is 0 Å². The maximum Gasteiger partial charge on any atom is 0.133 e. The summed E-state index contributed by atoms with van der Waals surface area (Å²) in [6.45, 7) is 4.15. The lowest BCUT2D eigenvalue weighted by atomic mass is 10.1. The quantitative estimate of drug-likeness (QED) is 0.545. The molecule has 1 unspecified atom stereocenters. The van der Waals surface area contributed by atoms with Gasteiger partial charge < -0.3 is 4.74 Å². The Morgan fingerprint density at radius 1 is 1.31 bits per heavy atom. The highest BCUT2D eigenvalue weighted by Crippen LogP contribution is 2.06. The van der Waals surface area contributed by atoms with Gasteiger partial charge in [-0.1, -0.05) is 19.8 Å². The maximum atomic E-state index is 11.3. The van der Waals surface area contributed by atoms with Crippen molar-refractivity contribution in [1.82, 2.24) is 0 Å². The smallest absolute Gasteiger partial charge is 0.133 e. The van der Waals surface area contributed by atoms with E-state index in [1.54, 1.807) is 7.11 Å². The normalized spacial score (nSPS) is 12.8. The molecule has 0 saturated heterocycles. The average Bonchev–Trinajstić information content (AvgIpc) is 2.14. The second kappa shape index (κ2) is 8.24. The summed E-state index contributed by atoms with van der Waals surface area (Å²) < 4.78 is 5.07. The van der Waals surface area contributed by atoms with Gasteiger partial charge in [0.15, 0.2) is 0 Å². The molecule has 0 spiro atoms. The van der Waals surface area contributed by atoms with Crippen molar-refractivity contribution < 1.29 is 9.53 Å². The van der Waals surface area contributed by atoms with E-state index < -0.39 is 0 Å². The largest absolute Gasteiger partial charge is 0.382 e. The molecule has 0 rings (SSSR count). The summed E-state index contributed by atoms with van der Waals surface area (Å²) in [5, 5.41) is 0. The molecule has 78 valence electrons. The van der Waals surface area contributed by atoms with Crippen LogP contribution >= 0.6 is 0 Å². The standard InChI is InChI=1S/C11H22O2/c1-4-5-6-7-11(12)9-8-10(2)13-3/h10H,4-9H2,1-3H3. The SMILES string of the molecule is CCCCCC(=O)CCC(C)OC. The maximum absolute atomic E-state index is 11.3. The summed E-state index contributed by atoms with van der Waals surface area (Å²) in [7, 11) is 1.69. The molecular weight excluding hydrogens is 164 g/mol. The molecular formula is C11H22O2. The fourth-order valence-electron chi connectivity index (χ4n) is 1.18. The van der Waals surface area contributed by atoms with Crippen molar-refractivity contribution in [3.8, 4) is 0 Å². The summed E-state index contributed by atoms with van der Waals surface area (Å²) in [5.41, 5.74) is 0. The van der Waals surface area contributed by atoms with Gasteiger partial charge in [0.25, 0.3) is 0 Å². The van der Waals surface area contributed by atoms with Gasteiger partial charge in [-0.3, -0.25) is 4.79 Å². The van der Waals surface area contributed by atoms with E-state index in [0.29, 0.717) is 12.2 Å². The first-order valence-electron chi connectivity index (χ1n) is 5.25. The predicted octanol–water partition coefficient (Wildman–Crippen LogP) is 2.95. The monoisotopic (exact) mass is 186 g/mol. The van der Waals surface area contributed by atoms with Crippen LogP contribution < -0.4 is 0 Å². The number of carbonyl (C=O) groups excluding carboxylic acids is 1. The highest BCUT2D eigenvalue weighted by Gasteiger charge is 2.05. The first kappa shape index (κ1) is 12.6. The van der Waals surface area contributed by atoms with Crippen molar-refractivity contribution >= 4 is 5.78 Å². The molecule has 2 nitrogen and oxygen atoms in total. The molecule has 0 radical (unpaired) electrons. The topological polar surface area (TPSA) is 26.3 Å². The number of rotatable bonds is 8. The first-order valence-corrected chi connectivity index (χ1v) is 5.25. The highest BCUT2D eigenvalue weighted by atomic mass is 16.5. The third-order valence-electron chi connectivity index (χ3n) is 2.29. The molecule has 0 bridgehead atoms. The number of Topliss-reactive ketones (excluding diaryl/α,β-unsaturated/α-hetero) is 1. The van der Waals surface area contributed by atoms with Crippen LogP contribution in [-0.2, 0) is 9.53 Å². The minimum atomic E-state index is 0.218. The van der Waals surface area contributed by atoms with Crippen LogP contribution in [0.1, 0.15) is 52.4 Å². The average molecular weight is 186 g/mol. The molecule has 0 aromatic rings. The Morgan fingerprint density at radius 3 is 2.54 bits per heavy atom. The molecule has 0 heterocycles. The Bertz CT molecular complexity index is 132. The third kappa shape index (κ3) is 7.97. The number of hydrogen-bond donors (Lipinski definition) is 0. The summed E-state index contributed by atoms with van der Waals surface area (Å²) >= 11 is 0. The zero-order valence-electron chi connectivity index (χ0n) is 9.14. The number of carbonyl (C=O) groups is 1. The number of ether oxygens (including phenoxy) is 1. The molecule has 13 heavy (non-hydrogen) atoms. The van der Waals surface area contributed by atoms with E-state index in [2.05, 4.69) is 6.92 Å². The van der Waals surface area contributed by atoms with Gasteiger partial charge in [0.1, 0.15) is 5.78 Å². The predicted molar refractivity (Wildman–Crippen MR) is 54.9 cm³/mol. The van der Waals surface area contributed by atoms with Crippen molar-refractivity contribution in [2.24, 2.45) is 0 Å². The zero-order valence-corrected chi connectivity index (χ0v) is 9.14. The van der Waals surface area contributed by atoms with E-state index in [1.165, 1.54) is 12.8 Å². The molecule has 0 amide bonds. The van der Waals surface area contributed by atoms with E-state index in [-0.39, 0.29) is 6.10 Å². The van der Waals surface area contributed by atoms with E-state index in [4.69, 9.17) is 4.74 Å². The van der Waals surface area contributed by atoms with Crippen LogP contribution in [0.2, 0.25) is 0 Å². The van der Waals surface area contributed by atoms with Gasteiger partial charge in [-0.15, -0.1) is 0 Å². The van der Waals surface area contributed by atoms with Crippen molar-refractivity contribution in [3.05, 3.63) is 0 Å². The molecule has 1 atom stereocenters. The van der Waals surface area contributed by atoms with Crippen LogP contribution in [0.3, 0.4) is 0 Å². The number of ketones is 1. The van der Waals surface area contributed by atoms with Crippen molar-refractivity contribution in [3.63, 3.8) is 0 Å². The second-order valence-corrected chi connectivity index (χ2v) is 3.58. The lowest BCUT2D eigenvalue weighted by molar-refractivity contribution is -0.119. The Morgan fingerprint density at radius 2 is 2.00 bits per heavy atom. The van der Waals surface area contributed by atoms with Gasteiger partial charge in [0.2, 0.25) is 0 Å². The summed E-state index contributed by atoms with van der Waals surface area (Å²) in [6.07, 6.45) is 5.92. The van der Waals surface area contributed by atoms with Crippen LogP contribution in [0, 0.1) is 0 Å². The Hall–Kier alpha value is -0.370. The molecule has 0 aromatic heterocycles. The zero-order chi connectivity index (χ0) is 10.1. The molecule has 0 N–H and O–H groups in total. The number of methoxy groups -OCH3 is 1. The van der Waals surface area contributed by atoms with E-state index in [0.717, 1.165) is 19.3 Å². The molecule has 0 aliphatic heterocycles. The molecule has 0 fully saturated rings. The van der Waals surface area contributed by atoms with Gasteiger partial charge in [-0.2, -0.15) is 0 Å². The first-order chi connectivity index (χ1) is 6.20. The van der Waals surface area contributed by atoms with Crippen LogP contribution in [0.4, 0.5) is 0 Å². The molecule has 0 saturated carbocycles. The molecule has 0 aromatic carbocycles. The highest BCUT2D eigenvalue weighted by molar-refractivity contribution is 5.78. The lowest BCUT2D eigenvalue weighted by Gasteiger charge is -2.07. The lowest BCUT2D eigenvalue weighted by Crippen LogP contribution is -2.08. The second-order valence-electron chi connectivity index (χ2n) is 3.58. The van der Waals surface area contributed by atoms with Gasteiger partial charge >= 0.3 is 0 Å². The van der Waals surface area contributed by atoms with Crippen molar-refractivity contribution in [1.29, 1.82) is 0 Å². The van der Waals surface area contributed by atoms with Gasteiger partial charge in [-0.25, -0.2) is 0 Å². The molecule has 0 aliphatic carbocycles. The van der Waals surface area contributed by atoms with Crippen LogP contribution in [0.5, 0.6) is 0 Å². The van der Waals surface area contributed by atoms with E-state index in [9.17, 15) is 4.79 Å². The number of hydrogen-bond acceptors (Lipinski definition) is 2. The Kier molecular flexibility index (Phi) is 8.00. The molecule has 0 aliphatic rings. The summed E-state index contributed by atoms with van der Waals surface area (Å²) in [4.78, 5) is 11.3. The minimum absolute atomic E-state index is 0.218. The minimum Gasteiger partial charge on any atom is -0.382 e. The van der Waals surface area contributed by atoms with Gasteiger partial charge in [-0.05, 0) is 19.8 Å². The fourth-order valence-corrected chi connectivity index (χ4v) is 1.18. The van der Waals surface area contributed by atoms with Crippen LogP contribution in [-0.4, -0.2) is 19.0 Å². The summed E-state index contributed by atoms with van der Waals surface area (Å²) in [6, 6.07) is 0. The fraction of sp³-hybridized carbons (Fsp3) is 0.909.